The normalized spacial score (nSPS) is 15.1. The fourth-order valence-corrected chi connectivity index (χ4v) is 3.21. The highest BCUT2D eigenvalue weighted by Gasteiger charge is 2.25. The second-order valence-electron chi connectivity index (χ2n) is 7.22. The Bertz CT molecular complexity index is 677. The number of carbonyl (C=O) groups excluding carboxylic acids is 1. The Kier molecular flexibility index (Phi) is 5.27. The number of benzene rings is 2. The van der Waals surface area contributed by atoms with Crippen LogP contribution in [0.5, 0.6) is 0 Å². The van der Waals surface area contributed by atoms with Crippen molar-refractivity contribution >= 4 is 11.7 Å². The Labute approximate surface area is 150 Å². The number of rotatable bonds is 4. The number of amides is 2. The summed E-state index contributed by atoms with van der Waals surface area (Å²) in [6, 6.07) is 20.8. The standard InChI is InChI=1S/C21H27N3O/c1-21(2,18-9-5-3-6-10-18)17-22-20(25)24-15-13-23(14-16-24)19-11-7-4-8-12-19/h3-12H,13-17H2,1-2H3,(H,22,25). The van der Waals surface area contributed by atoms with Crippen molar-refractivity contribution in [1.82, 2.24) is 10.2 Å². The van der Waals surface area contributed by atoms with E-state index >= 15 is 0 Å². The van der Waals surface area contributed by atoms with Crippen LogP contribution in [0.2, 0.25) is 0 Å². The van der Waals surface area contributed by atoms with E-state index in [2.05, 4.69) is 60.5 Å². The molecular weight excluding hydrogens is 310 g/mol. The Hall–Kier alpha value is -2.49. The Morgan fingerprint density at radius 3 is 2.08 bits per heavy atom. The van der Waals surface area contributed by atoms with E-state index in [1.807, 2.05) is 29.2 Å². The average molecular weight is 337 g/mol. The van der Waals surface area contributed by atoms with Crippen molar-refractivity contribution in [2.24, 2.45) is 0 Å². The molecule has 2 amide bonds. The quantitative estimate of drug-likeness (QED) is 0.927. The summed E-state index contributed by atoms with van der Waals surface area (Å²) in [5.74, 6) is 0. The SMILES string of the molecule is CC(C)(CNC(=O)N1CCN(c2ccccc2)CC1)c1ccccc1. The molecule has 1 saturated heterocycles. The van der Waals surface area contributed by atoms with Crippen LogP contribution in [0.15, 0.2) is 60.7 Å². The number of hydrogen-bond acceptors (Lipinski definition) is 2. The highest BCUT2D eigenvalue weighted by molar-refractivity contribution is 5.74. The molecule has 0 spiro atoms. The molecule has 0 unspecified atom stereocenters. The number of nitrogens with zero attached hydrogens (tertiary/aromatic N) is 2. The number of anilines is 1. The summed E-state index contributed by atoms with van der Waals surface area (Å²) in [6.07, 6.45) is 0. The third-order valence-electron chi connectivity index (χ3n) is 4.93. The number of nitrogens with one attached hydrogen (secondary N) is 1. The highest BCUT2D eigenvalue weighted by atomic mass is 16.2. The van der Waals surface area contributed by atoms with Crippen LogP contribution in [0, 0.1) is 0 Å². The van der Waals surface area contributed by atoms with Crippen LogP contribution in [0.1, 0.15) is 19.4 Å². The van der Waals surface area contributed by atoms with Gasteiger partial charge in [0, 0.05) is 43.8 Å². The fourth-order valence-electron chi connectivity index (χ4n) is 3.21. The fraction of sp³-hybridized carbons (Fsp3) is 0.381. The highest BCUT2D eigenvalue weighted by Crippen LogP contribution is 2.22. The number of urea groups is 1. The molecule has 4 heteroatoms. The maximum atomic E-state index is 12.5. The molecule has 2 aromatic carbocycles. The molecule has 1 N–H and O–H groups in total. The van der Waals surface area contributed by atoms with Gasteiger partial charge in [0.25, 0.3) is 0 Å². The first-order valence-corrected chi connectivity index (χ1v) is 8.94. The zero-order chi connectivity index (χ0) is 17.7. The monoisotopic (exact) mass is 337 g/mol. The molecule has 4 nitrogen and oxygen atoms in total. The summed E-state index contributed by atoms with van der Waals surface area (Å²) in [4.78, 5) is 16.8. The number of hydrogen-bond donors (Lipinski definition) is 1. The van der Waals surface area contributed by atoms with E-state index in [0.29, 0.717) is 6.54 Å². The molecule has 2 aromatic rings. The third kappa shape index (κ3) is 4.32. The van der Waals surface area contributed by atoms with Crippen LogP contribution >= 0.6 is 0 Å². The Morgan fingerprint density at radius 2 is 1.48 bits per heavy atom. The van der Waals surface area contributed by atoms with Crippen molar-refractivity contribution in [3.8, 4) is 0 Å². The zero-order valence-corrected chi connectivity index (χ0v) is 15.1. The van der Waals surface area contributed by atoms with Gasteiger partial charge in [-0.3, -0.25) is 0 Å². The van der Waals surface area contributed by atoms with E-state index in [-0.39, 0.29) is 11.4 Å². The van der Waals surface area contributed by atoms with Gasteiger partial charge in [0.15, 0.2) is 0 Å². The molecule has 0 radical (unpaired) electrons. The number of carbonyl (C=O) groups is 1. The molecule has 1 aliphatic heterocycles. The summed E-state index contributed by atoms with van der Waals surface area (Å²) in [6.45, 7) is 8.22. The van der Waals surface area contributed by atoms with E-state index in [4.69, 9.17) is 0 Å². The molecule has 0 bridgehead atoms. The maximum absolute atomic E-state index is 12.5. The first-order chi connectivity index (χ1) is 12.1. The van der Waals surface area contributed by atoms with Gasteiger partial charge in [0.2, 0.25) is 0 Å². The van der Waals surface area contributed by atoms with Crippen LogP contribution in [-0.4, -0.2) is 43.7 Å². The lowest BCUT2D eigenvalue weighted by Crippen LogP contribution is -2.53. The minimum absolute atomic E-state index is 0.0386. The summed E-state index contributed by atoms with van der Waals surface area (Å²) < 4.78 is 0. The summed E-state index contributed by atoms with van der Waals surface area (Å²) in [7, 11) is 0. The van der Waals surface area contributed by atoms with Crippen molar-refractivity contribution in [2.75, 3.05) is 37.6 Å². The first kappa shape index (κ1) is 17.3. The van der Waals surface area contributed by atoms with Gasteiger partial charge < -0.3 is 15.1 Å². The van der Waals surface area contributed by atoms with Crippen LogP contribution in [0.4, 0.5) is 10.5 Å². The van der Waals surface area contributed by atoms with Crippen molar-refractivity contribution in [1.29, 1.82) is 0 Å². The lowest BCUT2D eigenvalue weighted by Gasteiger charge is -2.36. The summed E-state index contributed by atoms with van der Waals surface area (Å²) >= 11 is 0. The third-order valence-corrected chi connectivity index (χ3v) is 4.93. The summed E-state index contributed by atoms with van der Waals surface area (Å²) in [5, 5.41) is 3.11. The van der Waals surface area contributed by atoms with Crippen LogP contribution < -0.4 is 10.2 Å². The molecule has 132 valence electrons. The van der Waals surface area contributed by atoms with E-state index in [1.165, 1.54) is 11.3 Å². The largest absolute Gasteiger partial charge is 0.368 e. The molecule has 0 atom stereocenters. The molecule has 25 heavy (non-hydrogen) atoms. The van der Waals surface area contributed by atoms with Crippen molar-refractivity contribution in [2.45, 2.75) is 19.3 Å². The van der Waals surface area contributed by atoms with Crippen LogP contribution in [0.25, 0.3) is 0 Å². The van der Waals surface area contributed by atoms with E-state index in [9.17, 15) is 4.79 Å². The van der Waals surface area contributed by atoms with Gasteiger partial charge in [-0.15, -0.1) is 0 Å². The maximum Gasteiger partial charge on any atom is 0.317 e. The van der Waals surface area contributed by atoms with Crippen molar-refractivity contribution in [3.63, 3.8) is 0 Å². The molecule has 1 aliphatic rings. The van der Waals surface area contributed by atoms with E-state index in [1.54, 1.807) is 0 Å². The molecule has 0 aliphatic carbocycles. The van der Waals surface area contributed by atoms with Gasteiger partial charge in [-0.05, 0) is 17.7 Å². The number of piperazine rings is 1. The minimum atomic E-state index is -0.0806. The van der Waals surface area contributed by atoms with Crippen molar-refractivity contribution in [3.05, 3.63) is 66.2 Å². The van der Waals surface area contributed by atoms with Crippen LogP contribution in [-0.2, 0) is 5.41 Å². The van der Waals surface area contributed by atoms with Gasteiger partial charge >= 0.3 is 6.03 Å². The molecular formula is C21H27N3O. The van der Waals surface area contributed by atoms with Gasteiger partial charge in [-0.1, -0.05) is 62.4 Å². The van der Waals surface area contributed by atoms with Gasteiger partial charge in [0.1, 0.15) is 0 Å². The van der Waals surface area contributed by atoms with Gasteiger partial charge in [-0.25, -0.2) is 4.79 Å². The van der Waals surface area contributed by atoms with Gasteiger partial charge in [0.05, 0.1) is 0 Å². The van der Waals surface area contributed by atoms with Crippen LogP contribution in [0.3, 0.4) is 0 Å². The minimum Gasteiger partial charge on any atom is -0.368 e. The zero-order valence-electron chi connectivity index (χ0n) is 15.1. The summed E-state index contributed by atoms with van der Waals surface area (Å²) in [5.41, 5.74) is 2.39. The predicted octanol–water partition coefficient (Wildman–Crippen LogP) is 3.50. The smallest absolute Gasteiger partial charge is 0.317 e. The second kappa shape index (κ2) is 7.60. The molecule has 1 heterocycles. The lowest BCUT2D eigenvalue weighted by atomic mass is 9.85. The second-order valence-corrected chi connectivity index (χ2v) is 7.22. The van der Waals surface area contributed by atoms with E-state index < -0.39 is 0 Å². The lowest BCUT2D eigenvalue weighted by molar-refractivity contribution is 0.192. The molecule has 1 fully saturated rings. The Balaban J connectivity index is 1.50. The topological polar surface area (TPSA) is 35.6 Å². The first-order valence-electron chi connectivity index (χ1n) is 8.94. The predicted molar refractivity (Wildman–Crippen MR) is 103 cm³/mol. The average Bonchev–Trinajstić information content (AvgIpc) is 2.68. The van der Waals surface area contributed by atoms with Gasteiger partial charge in [-0.2, -0.15) is 0 Å². The molecule has 0 saturated carbocycles. The number of para-hydroxylation sites is 1. The molecule has 3 rings (SSSR count). The molecule has 0 aromatic heterocycles. The van der Waals surface area contributed by atoms with E-state index in [0.717, 1.165) is 26.2 Å². The Morgan fingerprint density at radius 1 is 0.920 bits per heavy atom. The van der Waals surface area contributed by atoms with Crippen molar-refractivity contribution < 1.29 is 4.79 Å².